The van der Waals surface area contributed by atoms with Gasteiger partial charge in [0.15, 0.2) is 0 Å². The van der Waals surface area contributed by atoms with Gasteiger partial charge in [0.1, 0.15) is 5.82 Å². The van der Waals surface area contributed by atoms with Crippen LogP contribution in [0.3, 0.4) is 0 Å². The molecule has 16 heavy (non-hydrogen) atoms. The molecule has 0 aliphatic rings. The minimum atomic E-state index is -0.728. The third-order valence-electron chi connectivity index (χ3n) is 1.83. The molecular formula is C9H10FN3O3. The molecule has 7 heteroatoms. The number of non-ortho nitro benzene ring substituents is 1. The van der Waals surface area contributed by atoms with Gasteiger partial charge in [0.2, 0.25) is 5.91 Å². The maximum Gasteiger partial charge on any atom is 0.274 e. The van der Waals surface area contributed by atoms with Gasteiger partial charge in [-0.05, 0) is 6.07 Å². The van der Waals surface area contributed by atoms with Crippen molar-refractivity contribution in [1.29, 1.82) is 0 Å². The van der Waals surface area contributed by atoms with E-state index in [1.807, 2.05) is 0 Å². The van der Waals surface area contributed by atoms with Crippen LogP contribution in [-0.4, -0.2) is 24.4 Å². The molecule has 0 atom stereocenters. The molecule has 0 bridgehead atoms. The van der Waals surface area contributed by atoms with Crippen LogP contribution in [0.4, 0.5) is 15.8 Å². The van der Waals surface area contributed by atoms with Gasteiger partial charge in [0, 0.05) is 18.8 Å². The average molecular weight is 227 g/mol. The molecule has 86 valence electrons. The lowest BCUT2D eigenvalue weighted by Gasteiger charge is -2.05. The predicted octanol–water partition coefficient (Wildman–Crippen LogP) is 0.892. The molecule has 6 nitrogen and oxygen atoms in total. The highest BCUT2D eigenvalue weighted by molar-refractivity contribution is 5.80. The summed E-state index contributed by atoms with van der Waals surface area (Å²) < 4.78 is 12.9. The Bertz CT molecular complexity index is 422. The third-order valence-corrected chi connectivity index (χ3v) is 1.83. The van der Waals surface area contributed by atoms with Crippen molar-refractivity contribution in [3.63, 3.8) is 0 Å². The monoisotopic (exact) mass is 227 g/mol. The molecule has 0 radical (unpaired) electrons. The lowest BCUT2D eigenvalue weighted by atomic mass is 10.2. The van der Waals surface area contributed by atoms with E-state index in [9.17, 15) is 19.3 Å². The van der Waals surface area contributed by atoms with Crippen molar-refractivity contribution in [2.24, 2.45) is 0 Å². The van der Waals surface area contributed by atoms with Crippen LogP contribution in [-0.2, 0) is 4.79 Å². The molecule has 0 unspecified atom stereocenters. The number of carbonyl (C=O) groups is 1. The predicted molar refractivity (Wildman–Crippen MR) is 55.6 cm³/mol. The lowest BCUT2D eigenvalue weighted by Crippen LogP contribution is -2.26. The van der Waals surface area contributed by atoms with E-state index < -0.39 is 10.7 Å². The topological polar surface area (TPSA) is 84.3 Å². The van der Waals surface area contributed by atoms with Crippen LogP contribution in [0, 0.1) is 15.9 Å². The summed E-state index contributed by atoms with van der Waals surface area (Å²) in [5, 5.41) is 15.4. The first-order valence-electron chi connectivity index (χ1n) is 4.42. The van der Waals surface area contributed by atoms with Gasteiger partial charge in [0.05, 0.1) is 17.5 Å². The van der Waals surface area contributed by atoms with Crippen molar-refractivity contribution in [2.45, 2.75) is 0 Å². The maximum atomic E-state index is 12.9. The summed E-state index contributed by atoms with van der Waals surface area (Å²) in [5.74, 6) is -1.03. The van der Waals surface area contributed by atoms with Crippen molar-refractivity contribution in [1.82, 2.24) is 5.32 Å². The first-order chi connectivity index (χ1) is 7.52. The fraction of sp³-hybridized carbons (Fsp3) is 0.222. The Kier molecular flexibility index (Phi) is 3.76. The quantitative estimate of drug-likeness (QED) is 0.591. The first kappa shape index (κ1) is 11.9. The fourth-order valence-corrected chi connectivity index (χ4v) is 1.05. The Morgan fingerprint density at radius 2 is 2.19 bits per heavy atom. The molecule has 0 saturated carbocycles. The SMILES string of the molecule is CNC(=O)CNc1cc(F)cc([N+](=O)[O-])c1. The number of benzene rings is 1. The largest absolute Gasteiger partial charge is 0.376 e. The number of anilines is 1. The highest BCUT2D eigenvalue weighted by Gasteiger charge is 2.09. The molecular weight excluding hydrogens is 217 g/mol. The van der Waals surface area contributed by atoms with E-state index in [1.54, 1.807) is 0 Å². The molecule has 2 N–H and O–H groups in total. The van der Waals surface area contributed by atoms with Gasteiger partial charge >= 0.3 is 0 Å². The molecule has 0 aliphatic heterocycles. The summed E-state index contributed by atoms with van der Waals surface area (Å²) in [5.41, 5.74) is -0.172. The second-order valence-corrected chi connectivity index (χ2v) is 2.98. The molecule has 0 aliphatic carbocycles. The summed E-state index contributed by atoms with van der Waals surface area (Å²) in [7, 11) is 1.46. The Hall–Kier alpha value is -2.18. The first-order valence-corrected chi connectivity index (χ1v) is 4.42. The van der Waals surface area contributed by atoms with Crippen LogP contribution in [0.1, 0.15) is 0 Å². The smallest absolute Gasteiger partial charge is 0.274 e. The number of nitrogens with one attached hydrogen (secondary N) is 2. The van der Waals surface area contributed by atoms with Gasteiger partial charge in [-0.2, -0.15) is 0 Å². The van der Waals surface area contributed by atoms with Gasteiger partial charge in [-0.3, -0.25) is 14.9 Å². The molecule has 0 fully saturated rings. The molecule has 0 saturated heterocycles. The number of nitro groups is 1. The summed E-state index contributed by atoms with van der Waals surface area (Å²) in [6.07, 6.45) is 0. The van der Waals surface area contributed by atoms with E-state index in [4.69, 9.17) is 0 Å². The maximum absolute atomic E-state index is 12.9. The van der Waals surface area contributed by atoms with Gasteiger partial charge in [-0.15, -0.1) is 0 Å². The van der Waals surface area contributed by atoms with Gasteiger partial charge < -0.3 is 10.6 Å². The Labute approximate surface area is 90.6 Å². The molecule has 1 aromatic carbocycles. The highest BCUT2D eigenvalue weighted by Crippen LogP contribution is 2.19. The summed E-state index contributed by atoms with van der Waals surface area (Å²) >= 11 is 0. The molecule has 0 spiro atoms. The summed E-state index contributed by atoms with van der Waals surface area (Å²) in [6.45, 7) is -0.0723. The van der Waals surface area contributed by atoms with Crippen LogP contribution >= 0.6 is 0 Å². The van der Waals surface area contributed by atoms with Crippen LogP contribution in [0.25, 0.3) is 0 Å². The molecule has 1 amide bonds. The van der Waals surface area contributed by atoms with Crippen LogP contribution < -0.4 is 10.6 Å². The van der Waals surface area contributed by atoms with E-state index in [1.165, 1.54) is 7.05 Å². The average Bonchev–Trinajstić information content (AvgIpc) is 2.25. The van der Waals surface area contributed by atoms with E-state index in [0.29, 0.717) is 0 Å². The highest BCUT2D eigenvalue weighted by atomic mass is 19.1. The van der Waals surface area contributed by atoms with Gasteiger partial charge in [-0.25, -0.2) is 4.39 Å². The molecule has 0 aromatic heterocycles. The van der Waals surface area contributed by atoms with Gasteiger partial charge in [0.25, 0.3) is 5.69 Å². The van der Waals surface area contributed by atoms with E-state index in [2.05, 4.69) is 10.6 Å². The number of amides is 1. The Morgan fingerprint density at radius 3 is 2.75 bits per heavy atom. The number of halogens is 1. The van der Waals surface area contributed by atoms with Crippen molar-refractivity contribution in [3.05, 3.63) is 34.1 Å². The number of likely N-dealkylation sites (N-methyl/N-ethyl adjacent to an activating group) is 1. The minimum Gasteiger partial charge on any atom is -0.376 e. The van der Waals surface area contributed by atoms with Crippen LogP contribution in [0.15, 0.2) is 18.2 Å². The zero-order valence-electron chi connectivity index (χ0n) is 8.49. The lowest BCUT2D eigenvalue weighted by molar-refractivity contribution is -0.385. The number of nitrogens with zero attached hydrogens (tertiary/aromatic N) is 1. The van der Waals surface area contributed by atoms with Gasteiger partial charge in [-0.1, -0.05) is 0 Å². The summed E-state index contributed by atoms with van der Waals surface area (Å²) in [6, 6.07) is 3.05. The van der Waals surface area contributed by atoms with Crippen molar-refractivity contribution < 1.29 is 14.1 Å². The normalized spacial score (nSPS) is 9.62. The Balaban J connectivity index is 2.80. The van der Waals surface area contributed by atoms with E-state index in [0.717, 1.165) is 18.2 Å². The number of carbonyl (C=O) groups excluding carboxylic acids is 1. The van der Waals surface area contributed by atoms with Crippen molar-refractivity contribution in [2.75, 3.05) is 18.9 Å². The van der Waals surface area contributed by atoms with Crippen LogP contribution in [0.5, 0.6) is 0 Å². The van der Waals surface area contributed by atoms with Crippen molar-refractivity contribution in [3.8, 4) is 0 Å². The minimum absolute atomic E-state index is 0.0723. The second-order valence-electron chi connectivity index (χ2n) is 2.98. The van der Waals surface area contributed by atoms with E-state index in [-0.39, 0.29) is 23.8 Å². The number of hydrogen-bond acceptors (Lipinski definition) is 4. The molecule has 1 rings (SSSR count). The fourth-order valence-electron chi connectivity index (χ4n) is 1.05. The number of rotatable bonds is 4. The second kappa shape index (κ2) is 5.06. The van der Waals surface area contributed by atoms with E-state index >= 15 is 0 Å². The number of nitro benzene ring substituents is 1. The van der Waals surface area contributed by atoms with Crippen molar-refractivity contribution >= 4 is 17.3 Å². The standard InChI is InChI=1S/C9H10FN3O3/c1-11-9(14)5-12-7-2-6(10)3-8(4-7)13(15)16/h2-4,12H,5H2,1H3,(H,11,14). The molecule has 1 aromatic rings. The van der Waals surface area contributed by atoms with Crippen LogP contribution in [0.2, 0.25) is 0 Å². The Morgan fingerprint density at radius 1 is 1.50 bits per heavy atom. The zero-order chi connectivity index (χ0) is 12.1. The third kappa shape index (κ3) is 3.19. The zero-order valence-corrected chi connectivity index (χ0v) is 8.49. The number of hydrogen-bond donors (Lipinski definition) is 2. The summed E-state index contributed by atoms with van der Waals surface area (Å²) in [4.78, 5) is 20.6. The molecule has 0 heterocycles.